The van der Waals surface area contributed by atoms with E-state index in [4.69, 9.17) is 5.73 Å². The zero-order valence-corrected chi connectivity index (χ0v) is 13.9. The minimum absolute atomic E-state index is 0.325. The maximum absolute atomic E-state index is 6.00. The van der Waals surface area contributed by atoms with Crippen LogP contribution < -0.4 is 5.73 Å². The molecule has 18 heavy (non-hydrogen) atoms. The van der Waals surface area contributed by atoms with Gasteiger partial charge in [-0.1, -0.05) is 6.92 Å². The Bertz CT molecular complexity index is 341. The second-order valence-electron chi connectivity index (χ2n) is 4.77. The summed E-state index contributed by atoms with van der Waals surface area (Å²) >= 11 is 5.36. The zero-order chi connectivity index (χ0) is 13.5. The first-order valence-corrected chi connectivity index (χ1v) is 8.14. The molecular formula is C13H24BrN3S. The number of rotatable bonds is 8. The number of nitrogens with zero attached hydrogens (tertiary/aromatic N) is 2. The minimum atomic E-state index is 0.325. The van der Waals surface area contributed by atoms with E-state index in [0.717, 1.165) is 26.1 Å². The topological polar surface area (TPSA) is 32.5 Å². The maximum Gasteiger partial charge on any atom is 0.0490 e. The average molecular weight is 334 g/mol. The molecule has 0 fully saturated rings. The molecule has 0 aromatic carbocycles. The number of halogens is 1. The molecule has 1 aromatic rings. The minimum Gasteiger partial charge on any atom is -0.329 e. The van der Waals surface area contributed by atoms with Crippen LogP contribution in [0.15, 0.2) is 15.2 Å². The molecule has 0 aliphatic heterocycles. The highest BCUT2D eigenvalue weighted by atomic mass is 79.9. The summed E-state index contributed by atoms with van der Waals surface area (Å²) in [6.07, 6.45) is 1.16. The molecule has 1 aromatic heterocycles. The number of likely N-dealkylation sites (N-methyl/N-ethyl adjacent to an activating group) is 1. The van der Waals surface area contributed by atoms with Gasteiger partial charge in [0, 0.05) is 35.5 Å². The number of hydrogen-bond acceptors (Lipinski definition) is 4. The molecule has 0 radical (unpaired) electrons. The van der Waals surface area contributed by atoms with Gasteiger partial charge in [0.1, 0.15) is 0 Å². The van der Waals surface area contributed by atoms with Gasteiger partial charge >= 0.3 is 0 Å². The van der Waals surface area contributed by atoms with Crippen molar-refractivity contribution >= 4 is 27.3 Å². The lowest BCUT2D eigenvalue weighted by atomic mass is 10.1. The van der Waals surface area contributed by atoms with Gasteiger partial charge < -0.3 is 10.6 Å². The SMILES string of the molecule is CCCN(CCN(C)C)C(CN)c1cscc1Br. The summed E-state index contributed by atoms with van der Waals surface area (Å²) in [6.45, 7) is 6.11. The first-order chi connectivity index (χ1) is 8.60. The van der Waals surface area contributed by atoms with Crippen molar-refractivity contribution in [2.75, 3.05) is 40.3 Å². The van der Waals surface area contributed by atoms with Crippen molar-refractivity contribution in [1.82, 2.24) is 9.80 Å². The summed E-state index contributed by atoms with van der Waals surface area (Å²) < 4.78 is 1.19. The third-order valence-electron chi connectivity index (χ3n) is 3.01. The Morgan fingerprint density at radius 2 is 2.00 bits per heavy atom. The van der Waals surface area contributed by atoms with Gasteiger partial charge in [0.2, 0.25) is 0 Å². The van der Waals surface area contributed by atoms with Crippen LogP contribution in [0, 0.1) is 0 Å². The number of nitrogens with two attached hydrogens (primary N) is 1. The highest BCUT2D eigenvalue weighted by molar-refractivity contribution is 9.10. The Kier molecular flexibility index (Phi) is 7.41. The molecule has 1 heterocycles. The Morgan fingerprint density at radius 1 is 1.28 bits per heavy atom. The normalized spacial score (nSPS) is 13.5. The molecule has 1 rings (SSSR count). The van der Waals surface area contributed by atoms with E-state index in [1.54, 1.807) is 11.3 Å². The van der Waals surface area contributed by atoms with Crippen LogP contribution in [0.2, 0.25) is 0 Å². The van der Waals surface area contributed by atoms with Crippen LogP contribution in [0.3, 0.4) is 0 Å². The largest absolute Gasteiger partial charge is 0.329 e. The van der Waals surface area contributed by atoms with Crippen molar-refractivity contribution in [2.45, 2.75) is 19.4 Å². The van der Waals surface area contributed by atoms with Crippen molar-refractivity contribution in [2.24, 2.45) is 5.73 Å². The summed E-state index contributed by atoms with van der Waals surface area (Å²) in [5, 5.41) is 4.34. The van der Waals surface area contributed by atoms with Gasteiger partial charge in [-0.3, -0.25) is 4.90 Å². The van der Waals surface area contributed by atoms with Crippen molar-refractivity contribution in [3.05, 3.63) is 20.8 Å². The maximum atomic E-state index is 6.00. The van der Waals surface area contributed by atoms with E-state index in [1.165, 1.54) is 10.0 Å². The highest BCUT2D eigenvalue weighted by Crippen LogP contribution is 2.30. The fourth-order valence-electron chi connectivity index (χ4n) is 2.04. The van der Waals surface area contributed by atoms with Crippen molar-refractivity contribution < 1.29 is 0 Å². The van der Waals surface area contributed by atoms with Crippen molar-refractivity contribution in [3.8, 4) is 0 Å². The summed E-state index contributed by atoms with van der Waals surface area (Å²) in [5.41, 5.74) is 7.33. The summed E-state index contributed by atoms with van der Waals surface area (Å²) in [6, 6.07) is 0.325. The Balaban J connectivity index is 2.77. The average Bonchev–Trinajstić information content (AvgIpc) is 2.73. The fourth-order valence-corrected chi connectivity index (χ4v) is 3.65. The van der Waals surface area contributed by atoms with Gasteiger partial charge in [0.05, 0.1) is 0 Å². The van der Waals surface area contributed by atoms with E-state index in [0.29, 0.717) is 12.6 Å². The molecule has 1 atom stereocenters. The summed E-state index contributed by atoms with van der Waals surface area (Å²) in [7, 11) is 4.23. The van der Waals surface area contributed by atoms with E-state index in [2.05, 4.69) is 57.5 Å². The van der Waals surface area contributed by atoms with Gasteiger partial charge in [-0.15, -0.1) is 0 Å². The molecule has 104 valence electrons. The second-order valence-corrected chi connectivity index (χ2v) is 6.36. The molecular weight excluding hydrogens is 310 g/mol. The molecule has 2 N–H and O–H groups in total. The molecule has 0 spiro atoms. The van der Waals surface area contributed by atoms with Crippen LogP contribution >= 0.6 is 27.3 Å². The van der Waals surface area contributed by atoms with E-state index in [9.17, 15) is 0 Å². The quantitative estimate of drug-likeness (QED) is 0.793. The molecule has 0 saturated carbocycles. The van der Waals surface area contributed by atoms with Crippen LogP contribution in [0.25, 0.3) is 0 Å². The third kappa shape index (κ3) is 4.63. The fraction of sp³-hybridized carbons (Fsp3) is 0.692. The summed E-state index contributed by atoms with van der Waals surface area (Å²) in [5.74, 6) is 0. The zero-order valence-electron chi connectivity index (χ0n) is 11.5. The first kappa shape index (κ1) is 16.1. The predicted octanol–water partition coefficient (Wildman–Crippen LogP) is 2.78. The highest BCUT2D eigenvalue weighted by Gasteiger charge is 2.21. The smallest absolute Gasteiger partial charge is 0.0490 e. The molecule has 3 nitrogen and oxygen atoms in total. The molecule has 5 heteroatoms. The molecule has 0 amide bonds. The summed E-state index contributed by atoms with van der Waals surface area (Å²) in [4.78, 5) is 4.71. The Hall–Kier alpha value is 0.0600. The monoisotopic (exact) mass is 333 g/mol. The van der Waals surface area contributed by atoms with Gasteiger partial charge in [-0.05, 0) is 53.9 Å². The van der Waals surface area contributed by atoms with Crippen molar-refractivity contribution in [1.29, 1.82) is 0 Å². The second kappa shape index (κ2) is 8.27. The molecule has 0 aliphatic carbocycles. The Labute approximate surface area is 123 Å². The van der Waals surface area contributed by atoms with Crippen LogP contribution in [-0.2, 0) is 0 Å². The first-order valence-electron chi connectivity index (χ1n) is 6.40. The lowest BCUT2D eigenvalue weighted by Crippen LogP contribution is -2.38. The molecule has 0 saturated heterocycles. The molecule has 1 unspecified atom stereocenters. The lowest BCUT2D eigenvalue weighted by Gasteiger charge is -2.31. The van der Waals surface area contributed by atoms with Crippen LogP contribution in [0.5, 0.6) is 0 Å². The number of hydrogen-bond donors (Lipinski definition) is 1. The molecule has 0 bridgehead atoms. The van der Waals surface area contributed by atoms with Crippen molar-refractivity contribution in [3.63, 3.8) is 0 Å². The van der Waals surface area contributed by atoms with E-state index in [-0.39, 0.29) is 0 Å². The molecule has 0 aliphatic rings. The van der Waals surface area contributed by atoms with E-state index in [1.807, 2.05) is 0 Å². The number of thiophene rings is 1. The van der Waals surface area contributed by atoms with Crippen LogP contribution in [-0.4, -0.2) is 50.1 Å². The van der Waals surface area contributed by atoms with E-state index < -0.39 is 0 Å². The van der Waals surface area contributed by atoms with Gasteiger partial charge in [0.15, 0.2) is 0 Å². The standard InChI is InChI=1S/C13H24BrN3S/c1-4-5-17(7-6-16(2)3)13(8-15)11-9-18-10-12(11)14/h9-10,13H,4-8,15H2,1-3H3. The van der Waals surface area contributed by atoms with E-state index >= 15 is 0 Å². The van der Waals surface area contributed by atoms with Gasteiger partial charge in [-0.2, -0.15) is 11.3 Å². The predicted molar refractivity (Wildman–Crippen MR) is 84.2 cm³/mol. The van der Waals surface area contributed by atoms with Gasteiger partial charge in [-0.25, -0.2) is 0 Å². The van der Waals surface area contributed by atoms with Crippen LogP contribution in [0.1, 0.15) is 24.9 Å². The van der Waals surface area contributed by atoms with Crippen LogP contribution in [0.4, 0.5) is 0 Å². The third-order valence-corrected chi connectivity index (χ3v) is 4.76. The van der Waals surface area contributed by atoms with Gasteiger partial charge in [0.25, 0.3) is 0 Å². The lowest BCUT2D eigenvalue weighted by molar-refractivity contribution is 0.182. The Morgan fingerprint density at radius 3 is 2.44 bits per heavy atom.